The second kappa shape index (κ2) is 16.3. The maximum atomic E-state index is 13.8. The minimum absolute atomic E-state index is 0.0570. The number of nitrogens with zero attached hydrogens (tertiary/aromatic N) is 3. The summed E-state index contributed by atoms with van der Waals surface area (Å²) in [6.45, 7) is 5.58. The number of hydrogen-bond acceptors (Lipinski definition) is 7. The van der Waals surface area contributed by atoms with Crippen molar-refractivity contribution in [2.75, 3.05) is 25.2 Å². The summed E-state index contributed by atoms with van der Waals surface area (Å²) in [5, 5.41) is 8.87. The van der Waals surface area contributed by atoms with Gasteiger partial charge in [-0.25, -0.2) is 14.4 Å². The van der Waals surface area contributed by atoms with Gasteiger partial charge in [-0.1, -0.05) is 32.0 Å². The van der Waals surface area contributed by atoms with Gasteiger partial charge in [0.1, 0.15) is 18.2 Å². The summed E-state index contributed by atoms with van der Waals surface area (Å²) in [4.78, 5) is 21.4. The van der Waals surface area contributed by atoms with Gasteiger partial charge >= 0.3 is 12.1 Å². The summed E-state index contributed by atoms with van der Waals surface area (Å²) >= 11 is 0. The highest BCUT2D eigenvalue weighted by Gasteiger charge is 2.31. The van der Waals surface area contributed by atoms with E-state index in [1.54, 1.807) is 12.0 Å². The number of aliphatic carboxylic acids is 1. The lowest BCUT2D eigenvalue weighted by Gasteiger charge is -2.26. The molecule has 0 fully saturated rings. The van der Waals surface area contributed by atoms with Gasteiger partial charge in [-0.2, -0.15) is 13.2 Å². The van der Waals surface area contributed by atoms with Crippen LogP contribution in [0.15, 0.2) is 67.0 Å². The van der Waals surface area contributed by atoms with Crippen LogP contribution in [-0.4, -0.2) is 41.4 Å². The molecule has 0 aliphatic rings. The Morgan fingerprint density at radius 3 is 2.27 bits per heavy atom. The van der Waals surface area contributed by atoms with E-state index in [9.17, 15) is 22.4 Å². The first-order valence-electron chi connectivity index (χ1n) is 15.5. The predicted molar refractivity (Wildman–Crippen MR) is 174 cm³/mol. The van der Waals surface area contributed by atoms with Gasteiger partial charge in [0.15, 0.2) is 5.75 Å². The lowest BCUT2D eigenvalue weighted by molar-refractivity contribution is -0.138. The molecule has 3 aromatic carbocycles. The largest absolute Gasteiger partial charge is 0.496 e. The quantitative estimate of drug-likeness (QED) is 0.0937. The Morgan fingerprint density at radius 1 is 0.917 bits per heavy atom. The van der Waals surface area contributed by atoms with Gasteiger partial charge in [0.05, 0.1) is 38.3 Å². The van der Waals surface area contributed by atoms with E-state index in [2.05, 4.69) is 29.9 Å². The number of methoxy groups -OCH3 is 1. The molecule has 0 unspecified atom stereocenters. The molecule has 0 atom stereocenters. The van der Waals surface area contributed by atoms with E-state index < -0.39 is 24.4 Å². The molecule has 8 nitrogen and oxygen atoms in total. The number of anilines is 1. The van der Waals surface area contributed by atoms with Gasteiger partial charge in [-0.05, 0) is 83.5 Å². The van der Waals surface area contributed by atoms with Gasteiger partial charge in [0.2, 0.25) is 5.95 Å². The minimum atomic E-state index is -4.67. The van der Waals surface area contributed by atoms with E-state index in [1.165, 1.54) is 18.5 Å². The van der Waals surface area contributed by atoms with Crippen LogP contribution < -0.4 is 19.1 Å². The number of rotatable bonds is 16. The number of hydrogen-bond donors (Lipinski definition) is 1. The fourth-order valence-electron chi connectivity index (χ4n) is 5.19. The molecule has 48 heavy (non-hydrogen) atoms. The van der Waals surface area contributed by atoms with Crippen LogP contribution in [0.1, 0.15) is 67.3 Å². The molecule has 256 valence electrons. The third kappa shape index (κ3) is 9.58. The van der Waals surface area contributed by atoms with Crippen LogP contribution in [0.25, 0.3) is 11.1 Å². The molecular formula is C36H39F4N3O5. The SMILES string of the molecule is CCOc1ccc(-c2cc(C(C)C)ccc2OC)c(CN(Cc2cc(CF)cc(C(F)(F)F)c2)c2ncc(OCCCC(=O)O)cn2)c1. The van der Waals surface area contributed by atoms with Crippen molar-refractivity contribution < 1.29 is 41.7 Å². The van der Waals surface area contributed by atoms with Crippen molar-refractivity contribution in [3.05, 3.63) is 94.8 Å². The van der Waals surface area contributed by atoms with Gasteiger partial charge in [0.25, 0.3) is 0 Å². The average Bonchev–Trinajstić information content (AvgIpc) is 3.06. The van der Waals surface area contributed by atoms with E-state index in [0.717, 1.165) is 34.4 Å². The normalized spacial score (nSPS) is 11.4. The molecule has 0 amide bonds. The highest BCUT2D eigenvalue weighted by molar-refractivity contribution is 5.75. The van der Waals surface area contributed by atoms with Crippen LogP contribution in [0, 0.1) is 0 Å². The third-order valence-electron chi connectivity index (χ3n) is 7.54. The van der Waals surface area contributed by atoms with E-state index >= 15 is 0 Å². The van der Waals surface area contributed by atoms with E-state index in [1.807, 2.05) is 37.3 Å². The van der Waals surface area contributed by atoms with Crippen molar-refractivity contribution in [1.29, 1.82) is 0 Å². The molecule has 0 saturated carbocycles. The number of ether oxygens (including phenoxy) is 3. The number of carboxylic acids is 1. The highest BCUT2D eigenvalue weighted by Crippen LogP contribution is 2.38. The van der Waals surface area contributed by atoms with Crippen molar-refractivity contribution in [3.63, 3.8) is 0 Å². The Kier molecular flexibility index (Phi) is 12.2. The van der Waals surface area contributed by atoms with Gasteiger partial charge in [0, 0.05) is 25.1 Å². The van der Waals surface area contributed by atoms with Crippen molar-refractivity contribution in [2.24, 2.45) is 0 Å². The number of halogens is 4. The van der Waals surface area contributed by atoms with Crippen LogP contribution in [0.3, 0.4) is 0 Å². The fourth-order valence-corrected chi connectivity index (χ4v) is 5.19. The zero-order valence-electron chi connectivity index (χ0n) is 27.3. The lowest BCUT2D eigenvalue weighted by atomic mass is 9.93. The second-order valence-electron chi connectivity index (χ2n) is 11.5. The second-order valence-corrected chi connectivity index (χ2v) is 11.5. The van der Waals surface area contributed by atoms with Crippen molar-refractivity contribution in [3.8, 4) is 28.4 Å². The third-order valence-corrected chi connectivity index (χ3v) is 7.54. The summed E-state index contributed by atoms with van der Waals surface area (Å²) in [5.41, 5.74) is 2.66. The molecule has 0 aliphatic carbocycles. The minimum Gasteiger partial charge on any atom is -0.496 e. The highest BCUT2D eigenvalue weighted by atomic mass is 19.4. The fraction of sp³-hybridized carbons (Fsp3) is 0.361. The summed E-state index contributed by atoms with van der Waals surface area (Å²) < 4.78 is 72.3. The van der Waals surface area contributed by atoms with Gasteiger partial charge in [-0.15, -0.1) is 0 Å². The van der Waals surface area contributed by atoms with Crippen molar-refractivity contribution >= 4 is 11.9 Å². The molecule has 4 rings (SSSR count). The first kappa shape index (κ1) is 36.0. The van der Waals surface area contributed by atoms with E-state index in [4.69, 9.17) is 19.3 Å². The van der Waals surface area contributed by atoms with Crippen LogP contribution in [-0.2, 0) is 30.7 Å². The Balaban J connectivity index is 1.80. The standard InChI is InChI=1S/C36H39F4N3O5/c1-5-47-29-9-10-31(32-17-26(23(2)3)8-11-33(32)46-4)27(16-29)22-43(21-25-13-24(18-37)14-28(15-25)36(38,39)40)35-41-19-30(20-42-35)48-12-6-7-34(44)45/h8-11,13-17,19-20,23H,5-7,12,18,21-22H2,1-4H3,(H,44,45). The van der Waals surface area contributed by atoms with E-state index in [-0.39, 0.29) is 55.5 Å². The summed E-state index contributed by atoms with van der Waals surface area (Å²) in [5.74, 6) is 1.02. The Bertz CT molecular complexity index is 1680. The molecule has 0 radical (unpaired) electrons. The Hall–Kier alpha value is -4.87. The maximum absolute atomic E-state index is 13.8. The molecule has 0 aliphatic heterocycles. The maximum Gasteiger partial charge on any atom is 0.416 e. The number of benzene rings is 3. The predicted octanol–water partition coefficient (Wildman–Crippen LogP) is 8.61. The number of alkyl halides is 4. The Labute approximate surface area is 277 Å². The van der Waals surface area contributed by atoms with Crippen LogP contribution in [0.5, 0.6) is 17.2 Å². The molecule has 1 heterocycles. The molecule has 1 aromatic heterocycles. The van der Waals surface area contributed by atoms with Crippen molar-refractivity contribution in [2.45, 2.75) is 65.5 Å². The number of aromatic nitrogens is 2. The molecule has 12 heteroatoms. The molecular weight excluding hydrogens is 630 g/mol. The summed E-state index contributed by atoms with van der Waals surface area (Å²) in [6, 6.07) is 14.8. The number of carbonyl (C=O) groups is 1. The van der Waals surface area contributed by atoms with Gasteiger partial charge < -0.3 is 24.2 Å². The van der Waals surface area contributed by atoms with Crippen molar-refractivity contribution in [1.82, 2.24) is 9.97 Å². The first-order chi connectivity index (χ1) is 22.9. The molecule has 4 aromatic rings. The van der Waals surface area contributed by atoms with Crippen LogP contribution in [0.4, 0.5) is 23.5 Å². The molecule has 0 saturated heterocycles. The summed E-state index contributed by atoms with van der Waals surface area (Å²) in [7, 11) is 1.59. The number of carboxylic acid groups (broad SMARTS) is 1. The van der Waals surface area contributed by atoms with Crippen LogP contribution >= 0.6 is 0 Å². The molecule has 0 spiro atoms. The zero-order valence-corrected chi connectivity index (χ0v) is 27.3. The average molecular weight is 670 g/mol. The molecule has 0 bridgehead atoms. The Morgan fingerprint density at radius 2 is 1.65 bits per heavy atom. The van der Waals surface area contributed by atoms with Gasteiger partial charge in [-0.3, -0.25) is 4.79 Å². The summed E-state index contributed by atoms with van der Waals surface area (Å²) in [6.07, 6.45) is -1.60. The van der Waals surface area contributed by atoms with E-state index in [0.29, 0.717) is 23.9 Å². The van der Waals surface area contributed by atoms with Crippen LogP contribution in [0.2, 0.25) is 0 Å². The zero-order chi connectivity index (χ0) is 34.8. The smallest absolute Gasteiger partial charge is 0.416 e. The monoisotopic (exact) mass is 669 g/mol. The lowest BCUT2D eigenvalue weighted by Crippen LogP contribution is -2.25. The first-order valence-corrected chi connectivity index (χ1v) is 15.5. The topological polar surface area (TPSA) is 94.0 Å². The molecule has 1 N–H and O–H groups in total.